The van der Waals surface area contributed by atoms with Gasteiger partial charge >= 0.3 is 0 Å². The number of likely N-dealkylation sites (tertiary alicyclic amines) is 1. The van der Waals surface area contributed by atoms with E-state index in [0.29, 0.717) is 19.1 Å². The molecule has 0 radical (unpaired) electrons. The average Bonchev–Trinajstić information content (AvgIpc) is 2.69. The molecular weight excluding hydrogens is 228 g/mol. The van der Waals surface area contributed by atoms with Crippen molar-refractivity contribution < 1.29 is 9.53 Å². The van der Waals surface area contributed by atoms with Crippen molar-refractivity contribution in [1.29, 1.82) is 0 Å². The molecule has 1 aliphatic heterocycles. The van der Waals surface area contributed by atoms with Crippen LogP contribution in [0.25, 0.3) is 0 Å². The molecule has 0 bridgehead atoms. The van der Waals surface area contributed by atoms with Crippen LogP contribution >= 0.6 is 0 Å². The molecular formula is C14H28N2O2. The first-order valence-electron chi connectivity index (χ1n) is 7.23. The lowest BCUT2D eigenvalue weighted by molar-refractivity contribution is -0.133. The van der Waals surface area contributed by atoms with E-state index in [1.54, 1.807) is 0 Å². The van der Waals surface area contributed by atoms with Crippen molar-refractivity contribution in [3.05, 3.63) is 0 Å². The highest BCUT2D eigenvalue weighted by Crippen LogP contribution is 2.20. The van der Waals surface area contributed by atoms with Gasteiger partial charge in [-0.3, -0.25) is 4.79 Å². The van der Waals surface area contributed by atoms with Gasteiger partial charge < -0.3 is 15.0 Å². The van der Waals surface area contributed by atoms with Crippen LogP contribution in [0, 0.1) is 5.92 Å². The zero-order valence-corrected chi connectivity index (χ0v) is 12.2. The Morgan fingerprint density at radius 1 is 1.44 bits per heavy atom. The Morgan fingerprint density at radius 3 is 2.72 bits per heavy atom. The standard InChI is InChI=1S/C14H28N2O2/c1-5-8-15-12-7-9-16(14(12)17)13(11(3)4)10-18-6-2/h11-13,15H,5-10H2,1-4H3. The third-order valence-corrected chi connectivity index (χ3v) is 3.54. The van der Waals surface area contributed by atoms with Gasteiger partial charge in [-0.2, -0.15) is 0 Å². The number of carbonyl (C=O) groups excluding carboxylic acids is 1. The van der Waals surface area contributed by atoms with Crippen LogP contribution in [-0.4, -0.2) is 49.2 Å². The quantitative estimate of drug-likeness (QED) is 0.718. The fourth-order valence-corrected chi connectivity index (χ4v) is 2.42. The number of rotatable bonds is 8. The Bertz CT molecular complexity index is 256. The normalized spacial score (nSPS) is 21.9. The van der Waals surface area contributed by atoms with E-state index in [-0.39, 0.29) is 18.0 Å². The first-order chi connectivity index (χ1) is 8.61. The van der Waals surface area contributed by atoms with Gasteiger partial charge in [0.1, 0.15) is 0 Å². The number of hydrogen-bond acceptors (Lipinski definition) is 3. The smallest absolute Gasteiger partial charge is 0.240 e. The summed E-state index contributed by atoms with van der Waals surface area (Å²) in [6.45, 7) is 11.6. The number of nitrogens with one attached hydrogen (secondary N) is 1. The first-order valence-corrected chi connectivity index (χ1v) is 7.23. The van der Waals surface area contributed by atoms with E-state index >= 15 is 0 Å². The summed E-state index contributed by atoms with van der Waals surface area (Å²) in [7, 11) is 0. The van der Waals surface area contributed by atoms with Crippen LogP contribution in [0.2, 0.25) is 0 Å². The van der Waals surface area contributed by atoms with Crippen molar-refractivity contribution >= 4 is 5.91 Å². The molecule has 1 N–H and O–H groups in total. The maximum absolute atomic E-state index is 12.3. The molecule has 0 spiro atoms. The van der Waals surface area contributed by atoms with E-state index in [4.69, 9.17) is 4.74 Å². The minimum absolute atomic E-state index is 0.0211. The molecule has 1 heterocycles. The monoisotopic (exact) mass is 256 g/mol. The summed E-state index contributed by atoms with van der Waals surface area (Å²) < 4.78 is 5.52. The summed E-state index contributed by atoms with van der Waals surface area (Å²) in [5.74, 6) is 0.687. The average molecular weight is 256 g/mol. The Hall–Kier alpha value is -0.610. The Kier molecular flexibility index (Phi) is 6.65. The van der Waals surface area contributed by atoms with Crippen LogP contribution in [0.5, 0.6) is 0 Å². The molecule has 106 valence electrons. The molecule has 2 unspecified atom stereocenters. The summed E-state index contributed by atoms with van der Waals surface area (Å²) in [5, 5.41) is 3.33. The van der Waals surface area contributed by atoms with Gasteiger partial charge in [-0.25, -0.2) is 0 Å². The van der Waals surface area contributed by atoms with E-state index in [1.807, 2.05) is 11.8 Å². The number of carbonyl (C=O) groups is 1. The molecule has 0 aromatic rings. The summed E-state index contributed by atoms with van der Waals surface area (Å²) in [6.07, 6.45) is 1.99. The zero-order chi connectivity index (χ0) is 13.5. The maximum atomic E-state index is 12.3. The summed E-state index contributed by atoms with van der Waals surface area (Å²) in [5.41, 5.74) is 0. The second kappa shape index (κ2) is 7.74. The highest BCUT2D eigenvalue weighted by molar-refractivity contribution is 5.84. The van der Waals surface area contributed by atoms with Crippen LogP contribution in [0.4, 0.5) is 0 Å². The van der Waals surface area contributed by atoms with E-state index < -0.39 is 0 Å². The lowest BCUT2D eigenvalue weighted by Crippen LogP contribution is -2.47. The summed E-state index contributed by atoms with van der Waals surface area (Å²) in [6, 6.07) is 0.235. The van der Waals surface area contributed by atoms with Crippen molar-refractivity contribution in [2.24, 2.45) is 5.92 Å². The molecule has 4 nitrogen and oxygen atoms in total. The van der Waals surface area contributed by atoms with Crippen LogP contribution < -0.4 is 5.32 Å². The third-order valence-electron chi connectivity index (χ3n) is 3.54. The van der Waals surface area contributed by atoms with Gasteiger partial charge in [-0.05, 0) is 32.2 Å². The minimum Gasteiger partial charge on any atom is -0.380 e. The highest BCUT2D eigenvalue weighted by Gasteiger charge is 2.36. The molecule has 1 aliphatic rings. The van der Waals surface area contributed by atoms with Crippen LogP contribution in [0.3, 0.4) is 0 Å². The zero-order valence-electron chi connectivity index (χ0n) is 12.2. The molecule has 1 fully saturated rings. The lowest BCUT2D eigenvalue weighted by Gasteiger charge is -2.31. The molecule has 0 aliphatic carbocycles. The van der Waals surface area contributed by atoms with Crippen molar-refractivity contribution in [2.75, 3.05) is 26.3 Å². The largest absolute Gasteiger partial charge is 0.380 e. The Labute approximate surface area is 111 Å². The molecule has 1 rings (SSSR count). The van der Waals surface area contributed by atoms with Gasteiger partial charge in [-0.15, -0.1) is 0 Å². The van der Waals surface area contributed by atoms with Crippen LogP contribution in [0.15, 0.2) is 0 Å². The van der Waals surface area contributed by atoms with Gasteiger partial charge in [0, 0.05) is 13.2 Å². The van der Waals surface area contributed by atoms with Crippen molar-refractivity contribution in [1.82, 2.24) is 10.2 Å². The number of hydrogen-bond donors (Lipinski definition) is 1. The SMILES string of the molecule is CCCNC1CCN(C(COCC)C(C)C)C1=O. The molecule has 0 saturated carbocycles. The van der Waals surface area contributed by atoms with Crippen molar-refractivity contribution in [3.8, 4) is 0 Å². The number of nitrogens with zero attached hydrogens (tertiary/aromatic N) is 1. The first kappa shape index (κ1) is 15.4. The van der Waals surface area contributed by atoms with Crippen LogP contribution in [-0.2, 0) is 9.53 Å². The topological polar surface area (TPSA) is 41.6 Å². The summed E-state index contributed by atoms with van der Waals surface area (Å²) >= 11 is 0. The molecule has 0 aromatic heterocycles. The fourth-order valence-electron chi connectivity index (χ4n) is 2.42. The van der Waals surface area contributed by atoms with E-state index in [2.05, 4.69) is 26.1 Å². The molecule has 2 atom stereocenters. The van der Waals surface area contributed by atoms with Crippen LogP contribution in [0.1, 0.15) is 40.5 Å². The van der Waals surface area contributed by atoms with Gasteiger partial charge in [0.05, 0.1) is 18.7 Å². The number of amides is 1. The second-order valence-electron chi connectivity index (χ2n) is 5.30. The maximum Gasteiger partial charge on any atom is 0.240 e. The van der Waals surface area contributed by atoms with Crippen molar-refractivity contribution in [3.63, 3.8) is 0 Å². The lowest BCUT2D eigenvalue weighted by atomic mass is 10.0. The van der Waals surface area contributed by atoms with E-state index in [0.717, 1.165) is 25.9 Å². The van der Waals surface area contributed by atoms with E-state index in [1.165, 1.54) is 0 Å². The predicted molar refractivity (Wildman–Crippen MR) is 73.5 cm³/mol. The molecule has 18 heavy (non-hydrogen) atoms. The summed E-state index contributed by atoms with van der Waals surface area (Å²) in [4.78, 5) is 14.3. The fraction of sp³-hybridized carbons (Fsp3) is 0.929. The minimum atomic E-state index is 0.0211. The highest BCUT2D eigenvalue weighted by atomic mass is 16.5. The van der Waals surface area contributed by atoms with Crippen molar-refractivity contribution in [2.45, 2.75) is 52.6 Å². The van der Waals surface area contributed by atoms with Gasteiger partial charge in [0.25, 0.3) is 0 Å². The van der Waals surface area contributed by atoms with Gasteiger partial charge in [0.15, 0.2) is 0 Å². The molecule has 1 saturated heterocycles. The van der Waals surface area contributed by atoms with Gasteiger partial charge in [0.2, 0.25) is 5.91 Å². The predicted octanol–water partition coefficient (Wildman–Crippen LogP) is 1.65. The number of ether oxygens (including phenoxy) is 1. The molecule has 4 heteroatoms. The Morgan fingerprint density at radius 2 is 2.17 bits per heavy atom. The second-order valence-corrected chi connectivity index (χ2v) is 5.30. The molecule has 1 amide bonds. The van der Waals surface area contributed by atoms with Gasteiger partial charge in [-0.1, -0.05) is 20.8 Å². The molecule has 0 aromatic carbocycles. The third kappa shape index (κ3) is 3.95. The van der Waals surface area contributed by atoms with E-state index in [9.17, 15) is 4.79 Å². The Balaban J connectivity index is 2.56.